The number of ether oxygens (including phenoxy) is 2. The van der Waals surface area contributed by atoms with Gasteiger partial charge in [0.05, 0.1) is 13.2 Å². The van der Waals surface area contributed by atoms with Crippen molar-refractivity contribution in [3.63, 3.8) is 0 Å². The van der Waals surface area contributed by atoms with Gasteiger partial charge in [0, 0.05) is 22.3 Å². The Kier molecular flexibility index (Phi) is 7.41. The van der Waals surface area contributed by atoms with Crippen molar-refractivity contribution in [3.8, 4) is 22.3 Å². The van der Waals surface area contributed by atoms with E-state index in [1.165, 1.54) is 33.0 Å². The van der Waals surface area contributed by atoms with Crippen LogP contribution in [0.1, 0.15) is 25.7 Å². The normalized spacial score (nSPS) is 13.3. The zero-order valence-corrected chi connectivity index (χ0v) is 20.8. The number of hydrogen-bond acceptors (Lipinski definition) is 3. The Morgan fingerprint density at radius 1 is 0.556 bits per heavy atom. The standard InChI is InChI=1S/C31H25NO2.C2H6/c1-2-6-29-26(4-1)5-3-7-30(29)32-28-18-16-25(17-19-28)23-10-8-22(9-11-23)24-12-14-27(15-13-24)31-33-20-21-34-31;1-2/h1-19,31-32H,20-21H2;1-2H3. The first kappa shape index (κ1) is 23.8. The van der Waals surface area contributed by atoms with E-state index in [0.717, 1.165) is 16.9 Å². The maximum Gasteiger partial charge on any atom is 0.184 e. The molecule has 1 saturated heterocycles. The Labute approximate surface area is 213 Å². The predicted molar refractivity (Wildman–Crippen MR) is 151 cm³/mol. The average molecular weight is 474 g/mol. The Hall–Kier alpha value is -3.92. The minimum atomic E-state index is -0.227. The van der Waals surface area contributed by atoms with E-state index in [1.807, 2.05) is 13.8 Å². The lowest BCUT2D eigenvalue weighted by molar-refractivity contribution is -0.0441. The maximum atomic E-state index is 5.58. The lowest BCUT2D eigenvalue weighted by Crippen LogP contribution is -1.97. The highest BCUT2D eigenvalue weighted by Crippen LogP contribution is 2.30. The molecule has 0 aliphatic carbocycles. The summed E-state index contributed by atoms with van der Waals surface area (Å²) in [5, 5.41) is 6.02. The second-order valence-electron chi connectivity index (χ2n) is 8.50. The third kappa shape index (κ3) is 5.18. The Bertz CT molecular complexity index is 1400. The molecule has 5 aromatic carbocycles. The van der Waals surface area contributed by atoms with Crippen LogP contribution in [-0.4, -0.2) is 13.2 Å². The van der Waals surface area contributed by atoms with E-state index in [4.69, 9.17) is 9.47 Å². The highest BCUT2D eigenvalue weighted by atomic mass is 16.7. The topological polar surface area (TPSA) is 30.5 Å². The molecule has 0 bridgehead atoms. The van der Waals surface area contributed by atoms with Gasteiger partial charge in [0.1, 0.15) is 0 Å². The zero-order chi connectivity index (χ0) is 24.7. The minimum Gasteiger partial charge on any atom is -0.355 e. The number of fused-ring (bicyclic) bond motifs is 1. The molecule has 5 aromatic rings. The summed E-state index contributed by atoms with van der Waals surface area (Å²) in [6, 6.07) is 40.5. The molecule has 0 radical (unpaired) electrons. The second kappa shape index (κ2) is 11.2. The molecular formula is C33H31NO2. The Morgan fingerprint density at radius 2 is 1.06 bits per heavy atom. The number of benzene rings is 5. The highest BCUT2D eigenvalue weighted by Gasteiger charge is 2.17. The number of rotatable bonds is 5. The molecule has 0 unspecified atom stereocenters. The van der Waals surface area contributed by atoms with Gasteiger partial charge in [-0.25, -0.2) is 0 Å². The summed E-state index contributed by atoms with van der Waals surface area (Å²) in [5.74, 6) is 0. The maximum absolute atomic E-state index is 5.58. The van der Waals surface area contributed by atoms with E-state index < -0.39 is 0 Å². The molecule has 1 N–H and O–H groups in total. The van der Waals surface area contributed by atoms with Gasteiger partial charge in [-0.3, -0.25) is 0 Å². The predicted octanol–water partition coefficient (Wildman–Crippen LogP) is 8.99. The van der Waals surface area contributed by atoms with Crippen molar-refractivity contribution in [1.29, 1.82) is 0 Å². The van der Waals surface area contributed by atoms with Gasteiger partial charge in [-0.2, -0.15) is 0 Å². The van der Waals surface area contributed by atoms with Crippen LogP contribution in [0.3, 0.4) is 0 Å². The molecule has 0 amide bonds. The lowest BCUT2D eigenvalue weighted by atomic mass is 9.99. The Balaban J connectivity index is 0.00000130. The van der Waals surface area contributed by atoms with Crippen LogP contribution in [0.25, 0.3) is 33.0 Å². The molecule has 3 heteroatoms. The van der Waals surface area contributed by atoms with E-state index in [0.29, 0.717) is 13.2 Å². The van der Waals surface area contributed by atoms with Crippen molar-refractivity contribution in [1.82, 2.24) is 0 Å². The van der Waals surface area contributed by atoms with Crippen molar-refractivity contribution in [3.05, 3.63) is 121 Å². The summed E-state index contributed by atoms with van der Waals surface area (Å²) in [7, 11) is 0. The summed E-state index contributed by atoms with van der Waals surface area (Å²) in [6.45, 7) is 5.32. The van der Waals surface area contributed by atoms with Crippen LogP contribution in [0.4, 0.5) is 11.4 Å². The number of nitrogens with one attached hydrogen (secondary N) is 1. The summed E-state index contributed by atoms with van der Waals surface area (Å²) in [4.78, 5) is 0. The van der Waals surface area contributed by atoms with Crippen molar-refractivity contribution < 1.29 is 9.47 Å². The van der Waals surface area contributed by atoms with Gasteiger partial charge in [0.15, 0.2) is 6.29 Å². The molecule has 0 saturated carbocycles. The molecule has 180 valence electrons. The molecule has 6 rings (SSSR count). The summed E-state index contributed by atoms with van der Waals surface area (Å²) in [5.41, 5.74) is 8.03. The fraction of sp³-hybridized carbons (Fsp3) is 0.152. The van der Waals surface area contributed by atoms with Gasteiger partial charge in [0.25, 0.3) is 0 Å². The quantitative estimate of drug-likeness (QED) is 0.276. The summed E-state index contributed by atoms with van der Waals surface area (Å²) in [6.07, 6.45) is -0.227. The molecular weight excluding hydrogens is 442 g/mol. The summed E-state index contributed by atoms with van der Waals surface area (Å²) < 4.78 is 11.2. The molecule has 1 aliphatic rings. The van der Waals surface area contributed by atoms with Crippen LogP contribution < -0.4 is 5.32 Å². The molecule has 1 fully saturated rings. The lowest BCUT2D eigenvalue weighted by Gasteiger charge is -2.11. The molecule has 3 nitrogen and oxygen atoms in total. The van der Waals surface area contributed by atoms with Gasteiger partial charge in [-0.05, 0) is 45.8 Å². The van der Waals surface area contributed by atoms with Crippen LogP contribution in [0.15, 0.2) is 115 Å². The number of anilines is 2. The SMILES string of the molecule is CC.c1ccc2c(Nc3ccc(-c4ccc(-c5ccc(C6OCCO6)cc5)cc4)cc3)cccc2c1. The molecule has 0 atom stereocenters. The van der Waals surface area contributed by atoms with Gasteiger partial charge >= 0.3 is 0 Å². The van der Waals surface area contributed by atoms with Crippen molar-refractivity contribution >= 4 is 22.1 Å². The van der Waals surface area contributed by atoms with Gasteiger partial charge in [-0.1, -0.05) is 111 Å². The van der Waals surface area contributed by atoms with E-state index in [2.05, 4.69) is 121 Å². The first-order chi connectivity index (χ1) is 17.8. The third-order valence-corrected chi connectivity index (χ3v) is 6.31. The van der Waals surface area contributed by atoms with Crippen molar-refractivity contribution in [2.24, 2.45) is 0 Å². The largest absolute Gasteiger partial charge is 0.355 e. The van der Waals surface area contributed by atoms with Gasteiger partial charge in [0.2, 0.25) is 0 Å². The fourth-order valence-electron chi connectivity index (χ4n) is 4.47. The molecule has 36 heavy (non-hydrogen) atoms. The van der Waals surface area contributed by atoms with E-state index in [-0.39, 0.29) is 6.29 Å². The Morgan fingerprint density at radius 3 is 1.67 bits per heavy atom. The van der Waals surface area contributed by atoms with Crippen LogP contribution in [0.5, 0.6) is 0 Å². The smallest absolute Gasteiger partial charge is 0.184 e. The van der Waals surface area contributed by atoms with Crippen LogP contribution in [0.2, 0.25) is 0 Å². The van der Waals surface area contributed by atoms with Crippen LogP contribution in [-0.2, 0) is 9.47 Å². The van der Waals surface area contributed by atoms with Crippen molar-refractivity contribution in [2.45, 2.75) is 20.1 Å². The van der Waals surface area contributed by atoms with E-state index in [9.17, 15) is 0 Å². The second-order valence-corrected chi connectivity index (χ2v) is 8.50. The minimum absolute atomic E-state index is 0.227. The average Bonchev–Trinajstić information content (AvgIpc) is 3.50. The van der Waals surface area contributed by atoms with Gasteiger partial charge in [-0.15, -0.1) is 0 Å². The van der Waals surface area contributed by atoms with E-state index in [1.54, 1.807) is 0 Å². The molecule has 1 aliphatic heterocycles. The molecule has 0 spiro atoms. The van der Waals surface area contributed by atoms with Crippen LogP contribution in [0, 0.1) is 0 Å². The van der Waals surface area contributed by atoms with Gasteiger partial charge < -0.3 is 14.8 Å². The summed E-state index contributed by atoms with van der Waals surface area (Å²) >= 11 is 0. The fourth-order valence-corrected chi connectivity index (χ4v) is 4.47. The molecule has 1 heterocycles. The number of hydrogen-bond donors (Lipinski definition) is 1. The molecule has 0 aromatic heterocycles. The van der Waals surface area contributed by atoms with Crippen LogP contribution >= 0.6 is 0 Å². The first-order valence-corrected chi connectivity index (χ1v) is 12.6. The first-order valence-electron chi connectivity index (χ1n) is 12.6. The third-order valence-electron chi connectivity index (χ3n) is 6.31. The monoisotopic (exact) mass is 473 g/mol. The zero-order valence-electron chi connectivity index (χ0n) is 20.8. The highest BCUT2D eigenvalue weighted by molar-refractivity contribution is 5.95. The van der Waals surface area contributed by atoms with E-state index >= 15 is 0 Å². The van der Waals surface area contributed by atoms with Crippen molar-refractivity contribution in [2.75, 3.05) is 18.5 Å².